The normalized spacial score (nSPS) is 18.7. The van der Waals surface area contributed by atoms with E-state index in [1.807, 2.05) is 53.4 Å². The van der Waals surface area contributed by atoms with E-state index >= 15 is 0 Å². The van der Waals surface area contributed by atoms with Gasteiger partial charge in [-0.3, -0.25) is 4.79 Å². The Morgan fingerprint density at radius 3 is 2.42 bits per heavy atom. The fraction of sp³-hybridized carbons (Fsp3) is 0.258. The van der Waals surface area contributed by atoms with E-state index in [4.69, 9.17) is 9.47 Å². The molecule has 5 rings (SSSR count). The Kier molecular flexibility index (Phi) is 6.55. The molecule has 5 heteroatoms. The van der Waals surface area contributed by atoms with Crippen molar-refractivity contribution in [3.63, 3.8) is 0 Å². The third kappa shape index (κ3) is 4.49. The molecule has 0 radical (unpaired) electrons. The molecule has 2 aliphatic rings. The second kappa shape index (κ2) is 9.94. The third-order valence-electron chi connectivity index (χ3n) is 6.90. The Morgan fingerprint density at radius 2 is 1.69 bits per heavy atom. The molecular formula is C31H32N2O3. The summed E-state index contributed by atoms with van der Waals surface area (Å²) in [6.07, 6.45) is 3.32. The van der Waals surface area contributed by atoms with Gasteiger partial charge in [-0.25, -0.2) is 0 Å². The van der Waals surface area contributed by atoms with E-state index in [1.165, 1.54) is 11.3 Å². The number of fused-ring (bicyclic) bond motifs is 1. The van der Waals surface area contributed by atoms with E-state index < -0.39 is 5.79 Å². The molecule has 0 bridgehead atoms. The molecule has 2 heterocycles. The molecule has 1 amide bonds. The first kappa shape index (κ1) is 23.7. The summed E-state index contributed by atoms with van der Waals surface area (Å²) in [5.41, 5.74) is 4.73. The van der Waals surface area contributed by atoms with E-state index in [-0.39, 0.29) is 5.91 Å². The number of hydrogen-bond acceptors (Lipinski definition) is 4. The number of benzene rings is 3. The third-order valence-corrected chi connectivity index (χ3v) is 6.90. The van der Waals surface area contributed by atoms with Crippen LogP contribution in [0.2, 0.25) is 0 Å². The molecule has 184 valence electrons. The molecule has 1 atom stereocenters. The predicted molar refractivity (Wildman–Crippen MR) is 144 cm³/mol. The summed E-state index contributed by atoms with van der Waals surface area (Å²) in [6.45, 7) is 13.2. The minimum absolute atomic E-state index is 0.00740. The van der Waals surface area contributed by atoms with Crippen LogP contribution in [0.25, 0.3) is 0 Å². The highest BCUT2D eigenvalue weighted by Gasteiger charge is 2.46. The van der Waals surface area contributed by atoms with Crippen molar-refractivity contribution < 1.29 is 14.3 Å². The average molecular weight is 481 g/mol. The quantitative estimate of drug-likeness (QED) is 0.383. The van der Waals surface area contributed by atoms with Gasteiger partial charge in [-0.1, -0.05) is 55.1 Å². The molecule has 3 aromatic rings. The van der Waals surface area contributed by atoms with Gasteiger partial charge in [0.25, 0.3) is 5.91 Å². The molecule has 0 aromatic heterocycles. The second-order valence-corrected chi connectivity index (χ2v) is 9.40. The van der Waals surface area contributed by atoms with Crippen molar-refractivity contribution in [2.75, 3.05) is 31.1 Å². The van der Waals surface area contributed by atoms with Gasteiger partial charge in [0.15, 0.2) is 11.5 Å². The molecule has 0 aliphatic carbocycles. The largest absolute Gasteiger partial charge is 0.441 e. The summed E-state index contributed by atoms with van der Waals surface area (Å²) in [5, 5.41) is 0. The number of anilines is 1. The zero-order valence-electron chi connectivity index (χ0n) is 20.8. The lowest BCUT2D eigenvalue weighted by Crippen LogP contribution is -2.48. The maximum Gasteiger partial charge on any atom is 0.301 e. The number of nitrogens with zero attached hydrogens (tertiary/aromatic N) is 2. The number of rotatable bonds is 7. The lowest BCUT2D eigenvalue weighted by molar-refractivity contribution is -0.0521. The lowest BCUT2D eigenvalue weighted by atomic mass is 9.95. The Labute approximate surface area is 213 Å². The summed E-state index contributed by atoms with van der Waals surface area (Å²) in [4.78, 5) is 17.6. The minimum Gasteiger partial charge on any atom is -0.441 e. The highest BCUT2D eigenvalue weighted by Crippen LogP contribution is 2.48. The number of ether oxygens (including phenoxy) is 2. The first-order chi connectivity index (χ1) is 17.5. The van der Waals surface area contributed by atoms with E-state index in [2.05, 4.69) is 49.2 Å². The molecule has 2 aliphatic heterocycles. The van der Waals surface area contributed by atoms with Crippen molar-refractivity contribution in [3.8, 4) is 11.5 Å². The number of hydrogen-bond donors (Lipinski definition) is 0. The maximum atomic E-state index is 13.4. The van der Waals surface area contributed by atoms with Gasteiger partial charge in [-0.05, 0) is 55.7 Å². The molecule has 0 saturated carbocycles. The fourth-order valence-corrected chi connectivity index (χ4v) is 4.88. The van der Waals surface area contributed by atoms with E-state index in [1.54, 1.807) is 6.07 Å². The Hall–Kier alpha value is -3.99. The van der Waals surface area contributed by atoms with Gasteiger partial charge in [0.1, 0.15) is 0 Å². The second-order valence-electron chi connectivity index (χ2n) is 9.40. The highest BCUT2D eigenvalue weighted by molar-refractivity contribution is 5.95. The van der Waals surface area contributed by atoms with Gasteiger partial charge < -0.3 is 19.3 Å². The topological polar surface area (TPSA) is 42.0 Å². The summed E-state index contributed by atoms with van der Waals surface area (Å²) in [5.74, 6) is 0.0588. The summed E-state index contributed by atoms with van der Waals surface area (Å²) in [6, 6.07) is 23.8. The van der Waals surface area contributed by atoms with Gasteiger partial charge in [0.2, 0.25) is 0 Å². The smallest absolute Gasteiger partial charge is 0.301 e. The standard InChI is InChI=1S/C31H32N2O3/c1-4-5-11-24(3)31(26-12-7-6-8-13-26)35-28-16-15-25(22-29(28)36-31)30(34)33-19-17-32(18-20-33)27-14-9-10-23(2)21-27/h4,6-10,12-16,21-22H,1,3,5,11,17-20H2,2H3. The van der Waals surface area contributed by atoms with E-state index in [9.17, 15) is 4.79 Å². The van der Waals surface area contributed by atoms with Crippen molar-refractivity contribution in [1.29, 1.82) is 0 Å². The van der Waals surface area contributed by atoms with Crippen molar-refractivity contribution >= 4 is 11.6 Å². The number of carbonyl (C=O) groups excluding carboxylic acids is 1. The van der Waals surface area contributed by atoms with Crippen LogP contribution in [-0.2, 0) is 5.79 Å². The number of amides is 1. The van der Waals surface area contributed by atoms with Gasteiger partial charge >= 0.3 is 5.79 Å². The van der Waals surface area contributed by atoms with Gasteiger partial charge in [-0.2, -0.15) is 0 Å². The van der Waals surface area contributed by atoms with Crippen LogP contribution in [0.5, 0.6) is 11.5 Å². The van der Waals surface area contributed by atoms with Crippen LogP contribution in [0.4, 0.5) is 5.69 Å². The van der Waals surface area contributed by atoms with Crippen molar-refractivity contribution in [2.45, 2.75) is 25.6 Å². The van der Waals surface area contributed by atoms with E-state index in [0.29, 0.717) is 36.6 Å². The van der Waals surface area contributed by atoms with Crippen LogP contribution in [-0.4, -0.2) is 37.0 Å². The number of carbonyl (C=O) groups is 1. The average Bonchev–Trinajstić information content (AvgIpc) is 3.32. The van der Waals surface area contributed by atoms with Crippen molar-refractivity contribution in [2.24, 2.45) is 0 Å². The number of aryl methyl sites for hydroxylation is 1. The Balaban J connectivity index is 1.33. The highest BCUT2D eigenvalue weighted by atomic mass is 16.7. The van der Waals surface area contributed by atoms with Crippen molar-refractivity contribution in [3.05, 3.63) is 114 Å². The molecule has 0 N–H and O–H groups in total. The predicted octanol–water partition coefficient (Wildman–Crippen LogP) is 6.10. The van der Waals surface area contributed by atoms with Gasteiger partial charge in [0, 0.05) is 48.6 Å². The SMILES string of the molecule is C=CCCC(=C)C1(c2ccccc2)Oc2ccc(C(=O)N3CCN(c4cccc(C)c4)CC3)cc2O1. The molecule has 1 fully saturated rings. The van der Waals surface area contributed by atoms with Crippen LogP contribution >= 0.6 is 0 Å². The molecule has 1 unspecified atom stereocenters. The summed E-state index contributed by atoms with van der Waals surface area (Å²) in [7, 11) is 0. The minimum atomic E-state index is -1.12. The first-order valence-electron chi connectivity index (χ1n) is 12.5. The fourth-order valence-electron chi connectivity index (χ4n) is 4.88. The van der Waals surface area contributed by atoms with Crippen LogP contribution < -0.4 is 14.4 Å². The Morgan fingerprint density at radius 1 is 0.944 bits per heavy atom. The summed E-state index contributed by atoms with van der Waals surface area (Å²) < 4.78 is 12.9. The van der Waals surface area contributed by atoms with Gasteiger partial charge in [0.05, 0.1) is 0 Å². The number of allylic oxidation sites excluding steroid dienone is 1. The zero-order valence-corrected chi connectivity index (χ0v) is 20.8. The zero-order chi connectivity index (χ0) is 25.1. The first-order valence-corrected chi connectivity index (χ1v) is 12.5. The van der Waals surface area contributed by atoms with Crippen LogP contribution in [0.1, 0.15) is 34.3 Å². The monoisotopic (exact) mass is 480 g/mol. The molecule has 1 saturated heterocycles. The van der Waals surface area contributed by atoms with Crippen LogP contribution in [0, 0.1) is 6.92 Å². The molecule has 5 nitrogen and oxygen atoms in total. The Bertz CT molecular complexity index is 1280. The maximum absolute atomic E-state index is 13.4. The van der Waals surface area contributed by atoms with E-state index in [0.717, 1.165) is 30.6 Å². The summed E-state index contributed by atoms with van der Waals surface area (Å²) >= 11 is 0. The molecule has 36 heavy (non-hydrogen) atoms. The molecule has 0 spiro atoms. The lowest BCUT2D eigenvalue weighted by Gasteiger charge is -2.36. The van der Waals surface area contributed by atoms with Crippen molar-refractivity contribution in [1.82, 2.24) is 4.90 Å². The van der Waals surface area contributed by atoms with Crippen LogP contribution in [0.3, 0.4) is 0 Å². The molecular weight excluding hydrogens is 448 g/mol. The van der Waals surface area contributed by atoms with Gasteiger partial charge in [-0.15, -0.1) is 6.58 Å². The number of piperazine rings is 1. The molecule has 3 aromatic carbocycles. The van der Waals surface area contributed by atoms with Crippen LogP contribution in [0.15, 0.2) is 97.6 Å².